The van der Waals surface area contributed by atoms with E-state index < -0.39 is 0 Å². The standard InChI is InChI=1S/C15H29NO/c1-3-12-8-10-13(11-9-12)16(2)14-6-4-5-7-15(14)17/h12-15,17H,3-11H2,1-2H3/t12?,13?,14-,15-/m0/s1. The van der Waals surface area contributed by atoms with Crippen molar-refractivity contribution in [1.29, 1.82) is 0 Å². The highest BCUT2D eigenvalue weighted by atomic mass is 16.3. The molecule has 0 radical (unpaired) electrons. The van der Waals surface area contributed by atoms with Crippen molar-refractivity contribution in [3.8, 4) is 0 Å². The summed E-state index contributed by atoms with van der Waals surface area (Å²) in [6.07, 6.45) is 11.5. The van der Waals surface area contributed by atoms with E-state index >= 15 is 0 Å². The molecule has 2 heteroatoms. The van der Waals surface area contributed by atoms with E-state index in [4.69, 9.17) is 0 Å². The molecule has 0 aliphatic heterocycles. The second-order valence-corrected chi connectivity index (χ2v) is 6.17. The Kier molecular flexibility index (Phi) is 4.87. The van der Waals surface area contributed by atoms with Gasteiger partial charge in [0.15, 0.2) is 0 Å². The van der Waals surface area contributed by atoms with Gasteiger partial charge >= 0.3 is 0 Å². The molecule has 0 bridgehead atoms. The van der Waals surface area contributed by atoms with Crippen molar-refractivity contribution < 1.29 is 5.11 Å². The maximum absolute atomic E-state index is 10.1. The van der Waals surface area contributed by atoms with Crippen molar-refractivity contribution in [3.05, 3.63) is 0 Å². The first-order chi connectivity index (χ1) is 8.22. The number of hydrogen-bond donors (Lipinski definition) is 1. The quantitative estimate of drug-likeness (QED) is 0.817. The number of likely N-dealkylation sites (N-methyl/N-ethyl adjacent to an activating group) is 1. The van der Waals surface area contributed by atoms with Gasteiger partial charge in [-0.3, -0.25) is 4.90 Å². The van der Waals surface area contributed by atoms with Crippen molar-refractivity contribution in [2.45, 2.75) is 82.9 Å². The molecule has 2 rings (SSSR count). The summed E-state index contributed by atoms with van der Waals surface area (Å²) in [5.74, 6) is 0.968. The summed E-state index contributed by atoms with van der Waals surface area (Å²) >= 11 is 0. The fourth-order valence-electron chi connectivity index (χ4n) is 3.80. The van der Waals surface area contributed by atoms with Gasteiger partial charge in [-0.25, -0.2) is 0 Å². The summed E-state index contributed by atoms with van der Waals surface area (Å²) in [6.45, 7) is 2.32. The fraction of sp³-hybridized carbons (Fsp3) is 1.00. The molecular weight excluding hydrogens is 210 g/mol. The highest BCUT2D eigenvalue weighted by Gasteiger charge is 2.32. The molecule has 2 atom stereocenters. The molecule has 0 heterocycles. The van der Waals surface area contributed by atoms with Crippen molar-refractivity contribution in [3.63, 3.8) is 0 Å². The van der Waals surface area contributed by atoms with Crippen LogP contribution in [0.2, 0.25) is 0 Å². The van der Waals surface area contributed by atoms with Gasteiger partial charge in [0.05, 0.1) is 6.10 Å². The molecule has 2 aliphatic carbocycles. The molecule has 1 N–H and O–H groups in total. The minimum atomic E-state index is -0.0716. The summed E-state index contributed by atoms with van der Waals surface area (Å²) in [4.78, 5) is 2.51. The second kappa shape index (κ2) is 6.19. The van der Waals surface area contributed by atoms with Crippen LogP contribution in [0.3, 0.4) is 0 Å². The third-order valence-corrected chi connectivity index (χ3v) is 5.19. The zero-order chi connectivity index (χ0) is 12.3. The van der Waals surface area contributed by atoms with E-state index in [1.54, 1.807) is 0 Å². The van der Waals surface area contributed by atoms with Gasteiger partial charge in [-0.1, -0.05) is 26.2 Å². The van der Waals surface area contributed by atoms with Crippen LogP contribution >= 0.6 is 0 Å². The molecule has 0 aromatic carbocycles. The third-order valence-electron chi connectivity index (χ3n) is 5.19. The van der Waals surface area contributed by atoms with Gasteiger partial charge in [0.1, 0.15) is 0 Å². The number of hydrogen-bond acceptors (Lipinski definition) is 2. The van der Waals surface area contributed by atoms with Crippen molar-refractivity contribution in [1.82, 2.24) is 4.90 Å². The van der Waals surface area contributed by atoms with Crippen LogP contribution in [0.5, 0.6) is 0 Å². The van der Waals surface area contributed by atoms with Crippen molar-refractivity contribution in [2.24, 2.45) is 5.92 Å². The molecule has 17 heavy (non-hydrogen) atoms. The van der Waals surface area contributed by atoms with E-state index in [1.807, 2.05) is 0 Å². The SMILES string of the molecule is CCC1CCC(N(C)[C@H]2CCCC[C@@H]2O)CC1. The predicted octanol–water partition coefficient (Wildman–Crippen LogP) is 3.19. The van der Waals surface area contributed by atoms with E-state index in [-0.39, 0.29) is 6.10 Å². The molecule has 0 unspecified atom stereocenters. The minimum Gasteiger partial charge on any atom is -0.391 e. The number of rotatable bonds is 3. The molecule has 0 saturated heterocycles. The Morgan fingerprint density at radius 3 is 2.24 bits per heavy atom. The second-order valence-electron chi connectivity index (χ2n) is 6.17. The smallest absolute Gasteiger partial charge is 0.0695 e. The van der Waals surface area contributed by atoms with Crippen LogP contribution < -0.4 is 0 Å². The molecule has 0 amide bonds. The maximum Gasteiger partial charge on any atom is 0.0695 e. The molecule has 2 aliphatic rings. The normalized spacial score (nSPS) is 39.5. The lowest BCUT2D eigenvalue weighted by atomic mass is 9.82. The molecule has 0 aromatic rings. The molecule has 0 aromatic heterocycles. The predicted molar refractivity (Wildman–Crippen MR) is 72.1 cm³/mol. The van der Waals surface area contributed by atoms with E-state index in [0.717, 1.165) is 18.4 Å². The molecule has 2 nitrogen and oxygen atoms in total. The highest BCUT2D eigenvalue weighted by molar-refractivity contribution is 4.87. The highest BCUT2D eigenvalue weighted by Crippen LogP contribution is 2.32. The third kappa shape index (κ3) is 3.23. The van der Waals surface area contributed by atoms with Crippen LogP contribution in [-0.2, 0) is 0 Å². The topological polar surface area (TPSA) is 23.5 Å². The van der Waals surface area contributed by atoms with Crippen LogP contribution in [0.4, 0.5) is 0 Å². The Bertz CT molecular complexity index is 223. The lowest BCUT2D eigenvalue weighted by Crippen LogP contribution is -2.49. The average Bonchev–Trinajstić information content (AvgIpc) is 2.39. The molecule has 100 valence electrons. The van der Waals surface area contributed by atoms with Gasteiger partial charge in [0, 0.05) is 12.1 Å². The van der Waals surface area contributed by atoms with Gasteiger partial charge in [0.2, 0.25) is 0 Å². The summed E-state index contributed by atoms with van der Waals surface area (Å²) in [5, 5.41) is 10.1. The van der Waals surface area contributed by atoms with Gasteiger partial charge in [0.25, 0.3) is 0 Å². The fourth-order valence-corrected chi connectivity index (χ4v) is 3.80. The van der Waals surface area contributed by atoms with Crippen LogP contribution in [0.25, 0.3) is 0 Å². The van der Waals surface area contributed by atoms with Crippen LogP contribution in [0.15, 0.2) is 0 Å². The summed E-state index contributed by atoms with van der Waals surface area (Å²) in [5.41, 5.74) is 0. The molecule has 2 fully saturated rings. The Labute approximate surface area is 106 Å². The van der Waals surface area contributed by atoms with Crippen LogP contribution in [0.1, 0.15) is 64.7 Å². The number of nitrogens with zero attached hydrogens (tertiary/aromatic N) is 1. The Balaban J connectivity index is 1.85. The summed E-state index contributed by atoms with van der Waals surface area (Å²) in [7, 11) is 2.25. The largest absolute Gasteiger partial charge is 0.391 e. The zero-order valence-corrected chi connectivity index (χ0v) is 11.6. The van der Waals surface area contributed by atoms with Crippen molar-refractivity contribution in [2.75, 3.05) is 7.05 Å². The summed E-state index contributed by atoms with van der Waals surface area (Å²) < 4.78 is 0. The van der Waals surface area contributed by atoms with E-state index in [0.29, 0.717) is 6.04 Å². The van der Waals surface area contributed by atoms with Crippen LogP contribution in [0, 0.1) is 5.92 Å². The van der Waals surface area contributed by atoms with E-state index in [2.05, 4.69) is 18.9 Å². The lowest BCUT2D eigenvalue weighted by Gasteiger charge is -2.42. The molecule has 0 spiro atoms. The monoisotopic (exact) mass is 239 g/mol. The average molecular weight is 239 g/mol. The molecule has 2 saturated carbocycles. The number of aliphatic hydroxyl groups is 1. The first kappa shape index (κ1) is 13.4. The maximum atomic E-state index is 10.1. The summed E-state index contributed by atoms with van der Waals surface area (Å²) in [6, 6.07) is 1.17. The van der Waals surface area contributed by atoms with Gasteiger partial charge in [-0.05, 0) is 51.5 Å². The first-order valence-corrected chi connectivity index (χ1v) is 7.62. The Morgan fingerprint density at radius 1 is 1.00 bits per heavy atom. The Morgan fingerprint density at radius 2 is 1.65 bits per heavy atom. The van der Waals surface area contributed by atoms with Crippen molar-refractivity contribution >= 4 is 0 Å². The lowest BCUT2D eigenvalue weighted by molar-refractivity contribution is 0.00157. The number of aliphatic hydroxyl groups excluding tert-OH is 1. The Hall–Kier alpha value is -0.0800. The van der Waals surface area contributed by atoms with Gasteiger partial charge < -0.3 is 5.11 Å². The van der Waals surface area contributed by atoms with Gasteiger partial charge in [-0.2, -0.15) is 0 Å². The first-order valence-electron chi connectivity index (χ1n) is 7.62. The zero-order valence-electron chi connectivity index (χ0n) is 11.6. The van der Waals surface area contributed by atoms with E-state index in [1.165, 1.54) is 51.4 Å². The van der Waals surface area contributed by atoms with E-state index in [9.17, 15) is 5.11 Å². The molecular formula is C15H29NO. The van der Waals surface area contributed by atoms with Gasteiger partial charge in [-0.15, -0.1) is 0 Å². The minimum absolute atomic E-state index is 0.0716. The van der Waals surface area contributed by atoms with Crippen LogP contribution in [-0.4, -0.2) is 35.2 Å².